The molecule has 0 N–H and O–H groups in total. The number of hydrogen-bond acceptors (Lipinski definition) is 3. The summed E-state index contributed by atoms with van der Waals surface area (Å²) in [5, 5.41) is 0. The fourth-order valence-electron chi connectivity index (χ4n) is 9.27. The molecule has 63 heavy (non-hydrogen) atoms. The van der Waals surface area contributed by atoms with Crippen LogP contribution in [0.4, 0.5) is 0 Å². The Morgan fingerprint density at radius 3 is 1.67 bits per heavy atom. The van der Waals surface area contributed by atoms with Gasteiger partial charge in [-0.2, -0.15) is 0 Å². The Balaban J connectivity index is 0.00000504. The Morgan fingerprint density at radius 2 is 1.02 bits per heavy atom. The van der Waals surface area contributed by atoms with Gasteiger partial charge in [0.15, 0.2) is 0 Å². The molecule has 0 radical (unpaired) electrons. The maximum atomic E-state index is 5.01. The fourth-order valence-corrected chi connectivity index (χ4v) is 9.27. The summed E-state index contributed by atoms with van der Waals surface area (Å²) in [6.07, 6.45) is 13.7. The molecule has 306 valence electrons. The monoisotopic (exact) mass is 989 g/mol. The van der Waals surface area contributed by atoms with Gasteiger partial charge in [0.25, 0.3) is 0 Å². The van der Waals surface area contributed by atoms with Gasteiger partial charge in [-0.25, -0.2) is 0 Å². The van der Waals surface area contributed by atoms with E-state index in [1.807, 2.05) is 54.9 Å². The van der Waals surface area contributed by atoms with Crippen molar-refractivity contribution >= 4 is 0 Å². The summed E-state index contributed by atoms with van der Waals surface area (Å²) in [7, 11) is 0. The molecule has 6 aromatic carbocycles. The molecule has 1 aliphatic carbocycles. The number of nitrogens with zero attached hydrogens (tertiary/aromatic N) is 3. The summed E-state index contributed by atoms with van der Waals surface area (Å²) in [5.41, 5.74) is 18.0. The van der Waals surface area contributed by atoms with Crippen molar-refractivity contribution in [1.82, 2.24) is 15.0 Å². The van der Waals surface area contributed by atoms with Crippen LogP contribution in [0.25, 0.3) is 67.2 Å². The van der Waals surface area contributed by atoms with Crippen molar-refractivity contribution in [2.24, 2.45) is 0 Å². The van der Waals surface area contributed by atoms with Gasteiger partial charge in [-0.05, 0) is 88.0 Å². The molecule has 3 heterocycles. The zero-order chi connectivity index (χ0) is 41.6. The molecule has 1 saturated carbocycles. The Bertz CT molecular complexity index is 2890. The summed E-state index contributed by atoms with van der Waals surface area (Å²) < 4.78 is 0. The topological polar surface area (TPSA) is 38.7 Å². The smallest absolute Gasteiger partial charge is 0.304 e. The molecule has 9 aromatic rings. The predicted molar refractivity (Wildman–Crippen MR) is 253 cm³/mol. The second-order valence-electron chi connectivity index (χ2n) is 16.6. The zero-order valence-electron chi connectivity index (χ0n) is 35.1. The van der Waals surface area contributed by atoms with Crippen molar-refractivity contribution in [1.29, 1.82) is 0 Å². The third-order valence-electron chi connectivity index (χ3n) is 12.5. The van der Waals surface area contributed by atoms with Gasteiger partial charge in [0.05, 0.1) is 0 Å². The molecule has 0 atom stereocenters. The van der Waals surface area contributed by atoms with Gasteiger partial charge in [0.1, 0.15) is 0 Å². The van der Waals surface area contributed by atoms with Gasteiger partial charge >= 0.3 is 20.1 Å². The molecule has 0 amide bonds. The Kier molecular flexibility index (Phi) is 12.7. The average Bonchev–Trinajstić information content (AvgIpc) is 3.84. The second-order valence-corrected chi connectivity index (χ2v) is 16.6. The van der Waals surface area contributed by atoms with Crippen molar-refractivity contribution in [3.63, 3.8) is 0 Å². The fraction of sp³-hybridized carbons (Fsp3) is 0.136. The number of aryl methyl sites for hydroxylation is 2. The van der Waals surface area contributed by atoms with E-state index in [9.17, 15) is 0 Å². The summed E-state index contributed by atoms with van der Waals surface area (Å²) >= 11 is 0. The Labute approximate surface area is 385 Å². The van der Waals surface area contributed by atoms with Crippen molar-refractivity contribution in [3.8, 4) is 67.2 Å². The molecule has 1 fully saturated rings. The first kappa shape index (κ1) is 41.8. The number of hydrogen-bond donors (Lipinski definition) is 0. The van der Waals surface area contributed by atoms with Crippen molar-refractivity contribution < 1.29 is 20.1 Å². The molecule has 1 aliphatic rings. The first-order valence-corrected chi connectivity index (χ1v) is 21.8. The van der Waals surface area contributed by atoms with E-state index in [1.54, 1.807) is 0 Å². The number of benzene rings is 6. The maximum Gasteiger partial charge on any atom is 3.00 e. The van der Waals surface area contributed by atoms with E-state index in [0.717, 1.165) is 82.6 Å². The van der Waals surface area contributed by atoms with Gasteiger partial charge < -0.3 is 9.97 Å². The summed E-state index contributed by atoms with van der Waals surface area (Å²) in [5.74, 6) is 0. The standard InChI is InChI=1S/C59H46N3.Ir/c1-4-15-46(16-5-1)49-21-14-22-50(38-49)58-31-28-51(41-61-58)54-23-10-11-24-55(54)52-36-44(26-25-43-27-30-56(60-40-43)47-17-6-2-7-18-47)35-45(37-52)39-59(33-12-13-34-59)53-29-32-57(62-42-53)48-19-8-3-9-20-48;/h1-11,14-17,19,21-24,27-32,35-37,40-42H,12-13,25-26,33-34,39H2;/q-3;+3. The summed E-state index contributed by atoms with van der Waals surface area (Å²) in [6, 6.07) is 72.3. The van der Waals surface area contributed by atoms with Crippen molar-refractivity contribution in [2.75, 3.05) is 0 Å². The molecule has 0 aliphatic heterocycles. The maximum absolute atomic E-state index is 5.01. The third kappa shape index (κ3) is 9.44. The van der Waals surface area contributed by atoms with Crippen molar-refractivity contribution in [3.05, 3.63) is 235 Å². The third-order valence-corrected chi connectivity index (χ3v) is 12.5. The van der Waals surface area contributed by atoms with E-state index in [4.69, 9.17) is 15.0 Å². The molecule has 0 bridgehead atoms. The molecule has 3 aromatic heterocycles. The van der Waals surface area contributed by atoms with Crippen LogP contribution < -0.4 is 0 Å². The van der Waals surface area contributed by atoms with Gasteiger partial charge in [-0.1, -0.05) is 133 Å². The number of aromatic nitrogens is 3. The van der Waals surface area contributed by atoms with E-state index in [0.29, 0.717) is 0 Å². The minimum atomic E-state index is 0. The van der Waals surface area contributed by atoms with Crippen LogP contribution in [0.3, 0.4) is 0 Å². The summed E-state index contributed by atoms with van der Waals surface area (Å²) in [4.78, 5) is 14.8. The number of rotatable bonds is 12. The molecular formula is C59H46IrN3. The molecule has 10 rings (SSSR count). The first-order chi connectivity index (χ1) is 30.7. The van der Waals surface area contributed by atoms with E-state index < -0.39 is 0 Å². The van der Waals surface area contributed by atoms with Crippen LogP contribution in [-0.2, 0) is 44.8 Å². The molecular weight excluding hydrogens is 943 g/mol. The SMILES string of the molecule is [Ir+3].[c-]1ccccc1-c1ccc(CCc2cc(CC3(c4ccc(-c5[c-]cccc5)nc4)CCCC3)cc(-c3ccccc3-c3ccc(-c4[c-]c(-c5ccccc5)ccc4)nc3)c2)cn1. The van der Waals surface area contributed by atoms with Gasteiger partial charge in [-0.3, -0.25) is 4.98 Å². The largest absolute Gasteiger partial charge is 3.00 e. The normalized spacial score (nSPS) is 13.0. The minimum absolute atomic E-state index is 0. The predicted octanol–water partition coefficient (Wildman–Crippen LogP) is 14.1. The molecule has 4 heteroatoms. The minimum Gasteiger partial charge on any atom is -0.304 e. The van der Waals surface area contributed by atoms with Crippen LogP contribution in [0.5, 0.6) is 0 Å². The van der Waals surface area contributed by atoms with Gasteiger partial charge in [-0.15, -0.1) is 102 Å². The van der Waals surface area contributed by atoms with Crippen LogP contribution in [0.15, 0.2) is 195 Å². The van der Waals surface area contributed by atoms with Crippen molar-refractivity contribution in [2.45, 2.75) is 50.4 Å². The average molecular weight is 989 g/mol. The summed E-state index contributed by atoms with van der Waals surface area (Å²) in [6.45, 7) is 0. The van der Waals surface area contributed by atoms with Gasteiger partial charge in [0, 0.05) is 29.7 Å². The molecule has 3 nitrogen and oxygen atoms in total. The Hall–Kier alpha value is -6.58. The van der Waals surface area contributed by atoms with Crippen LogP contribution in [0, 0.1) is 18.2 Å². The molecule has 0 saturated heterocycles. The van der Waals surface area contributed by atoms with Crippen LogP contribution in [0.2, 0.25) is 0 Å². The van der Waals surface area contributed by atoms with Gasteiger partial charge in [0.2, 0.25) is 0 Å². The van der Waals surface area contributed by atoms with Crippen LogP contribution in [0.1, 0.15) is 47.9 Å². The number of pyridine rings is 3. The van der Waals surface area contributed by atoms with Crippen LogP contribution in [-0.4, -0.2) is 15.0 Å². The van der Waals surface area contributed by atoms with E-state index in [-0.39, 0.29) is 25.5 Å². The quantitative estimate of drug-likeness (QED) is 0.115. The second kappa shape index (κ2) is 19.2. The van der Waals surface area contributed by atoms with E-state index in [2.05, 4.69) is 158 Å². The Morgan fingerprint density at radius 1 is 0.429 bits per heavy atom. The van der Waals surface area contributed by atoms with E-state index in [1.165, 1.54) is 51.8 Å². The molecule has 0 spiro atoms. The first-order valence-electron chi connectivity index (χ1n) is 21.8. The zero-order valence-corrected chi connectivity index (χ0v) is 37.5. The molecule has 0 unspecified atom stereocenters. The van der Waals surface area contributed by atoms with E-state index >= 15 is 0 Å². The van der Waals surface area contributed by atoms with Crippen LogP contribution >= 0.6 is 0 Å².